The summed E-state index contributed by atoms with van der Waals surface area (Å²) >= 11 is 0. The van der Waals surface area contributed by atoms with E-state index >= 15 is 0 Å². The van der Waals surface area contributed by atoms with Crippen LogP contribution in [0.1, 0.15) is 30.9 Å². The maximum Gasteiger partial charge on any atom is 0.223 e. The lowest BCUT2D eigenvalue weighted by molar-refractivity contribution is -0.132. The molecular formula is C16H27N5O. The number of nitrogens with zero attached hydrogens (tertiary/aromatic N) is 4. The Morgan fingerprint density at radius 2 is 2.18 bits per heavy atom. The molecule has 6 heteroatoms. The third kappa shape index (κ3) is 3.67. The van der Waals surface area contributed by atoms with E-state index in [1.807, 2.05) is 22.8 Å². The molecule has 2 saturated heterocycles. The van der Waals surface area contributed by atoms with Crippen LogP contribution in [-0.2, 0) is 11.8 Å². The summed E-state index contributed by atoms with van der Waals surface area (Å²) in [4.78, 5) is 16.7. The number of carbonyl (C=O) groups excluding carboxylic acids is 1. The molecule has 0 spiro atoms. The Kier molecular flexibility index (Phi) is 5.10. The highest BCUT2D eigenvalue weighted by Crippen LogP contribution is 2.26. The molecule has 1 N–H and O–H groups in total. The Morgan fingerprint density at radius 3 is 2.91 bits per heavy atom. The summed E-state index contributed by atoms with van der Waals surface area (Å²) in [6.07, 6.45) is 4.96. The van der Waals surface area contributed by atoms with Gasteiger partial charge in [-0.1, -0.05) is 0 Å². The van der Waals surface area contributed by atoms with E-state index < -0.39 is 0 Å². The van der Waals surface area contributed by atoms with E-state index in [2.05, 4.69) is 21.4 Å². The van der Waals surface area contributed by atoms with E-state index in [1.165, 1.54) is 18.5 Å². The molecule has 0 radical (unpaired) electrons. The fourth-order valence-electron chi connectivity index (χ4n) is 3.61. The normalized spacial score (nSPS) is 23.7. The van der Waals surface area contributed by atoms with Gasteiger partial charge in [0.2, 0.25) is 5.91 Å². The van der Waals surface area contributed by atoms with Gasteiger partial charge in [-0.25, -0.2) is 0 Å². The third-order valence-corrected chi connectivity index (χ3v) is 4.89. The van der Waals surface area contributed by atoms with Gasteiger partial charge in [0.1, 0.15) is 0 Å². The van der Waals surface area contributed by atoms with Crippen LogP contribution >= 0.6 is 0 Å². The summed E-state index contributed by atoms with van der Waals surface area (Å²) in [5.41, 5.74) is 1.32. The van der Waals surface area contributed by atoms with Crippen molar-refractivity contribution in [3.8, 4) is 0 Å². The van der Waals surface area contributed by atoms with E-state index in [9.17, 15) is 4.79 Å². The van der Waals surface area contributed by atoms with Crippen molar-refractivity contribution in [3.05, 3.63) is 18.0 Å². The van der Waals surface area contributed by atoms with E-state index in [0.29, 0.717) is 18.2 Å². The number of amides is 1. The minimum absolute atomic E-state index is 0.309. The topological polar surface area (TPSA) is 53.4 Å². The third-order valence-electron chi connectivity index (χ3n) is 4.89. The minimum Gasteiger partial charge on any atom is -0.340 e. The molecule has 2 aliphatic heterocycles. The quantitative estimate of drug-likeness (QED) is 0.876. The number of piperidine rings is 1. The van der Waals surface area contributed by atoms with Crippen LogP contribution in [0.15, 0.2) is 12.3 Å². The smallest absolute Gasteiger partial charge is 0.223 e. The first kappa shape index (κ1) is 15.5. The Labute approximate surface area is 132 Å². The summed E-state index contributed by atoms with van der Waals surface area (Å²) in [6, 6.07) is 2.13. The van der Waals surface area contributed by atoms with Gasteiger partial charge in [0.25, 0.3) is 0 Å². The second kappa shape index (κ2) is 7.24. The molecule has 2 aliphatic rings. The van der Waals surface area contributed by atoms with E-state index in [0.717, 1.165) is 45.8 Å². The van der Waals surface area contributed by atoms with Gasteiger partial charge in [-0.3, -0.25) is 9.48 Å². The lowest BCUT2D eigenvalue weighted by Crippen LogP contribution is -2.47. The van der Waals surface area contributed by atoms with Crippen molar-refractivity contribution in [3.63, 3.8) is 0 Å². The van der Waals surface area contributed by atoms with Crippen molar-refractivity contribution in [1.82, 2.24) is 24.9 Å². The van der Waals surface area contributed by atoms with Gasteiger partial charge in [-0.2, -0.15) is 5.10 Å². The standard InChI is InChI=1S/C16H27N5O/c1-19-15(4-6-18-19)14-3-2-9-20(13-14)10-5-16(22)21-11-7-17-8-12-21/h4,6,14,17H,2-3,5,7-13H2,1H3. The molecule has 1 aromatic heterocycles. The van der Waals surface area contributed by atoms with Gasteiger partial charge < -0.3 is 15.1 Å². The Hall–Kier alpha value is -1.40. The number of hydrogen-bond acceptors (Lipinski definition) is 4. The summed E-state index contributed by atoms with van der Waals surface area (Å²) in [7, 11) is 2.02. The van der Waals surface area contributed by atoms with Gasteiger partial charge in [0.15, 0.2) is 0 Å². The van der Waals surface area contributed by atoms with E-state index in [4.69, 9.17) is 0 Å². The number of hydrogen-bond donors (Lipinski definition) is 1. The predicted molar refractivity (Wildman–Crippen MR) is 85.7 cm³/mol. The second-order valence-electron chi connectivity index (χ2n) is 6.40. The molecule has 1 aromatic rings. The Balaban J connectivity index is 1.48. The Morgan fingerprint density at radius 1 is 1.36 bits per heavy atom. The average molecular weight is 305 g/mol. The highest BCUT2D eigenvalue weighted by molar-refractivity contribution is 5.76. The molecule has 1 amide bonds. The largest absolute Gasteiger partial charge is 0.340 e. The first-order valence-corrected chi connectivity index (χ1v) is 8.43. The molecule has 6 nitrogen and oxygen atoms in total. The number of nitrogens with one attached hydrogen (secondary N) is 1. The fraction of sp³-hybridized carbons (Fsp3) is 0.750. The van der Waals surface area contributed by atoms with Crippen LogP contribution in [0.2, 0.25) is 0 Å². The number of likely N-dealkylation sites (tertiary alicyclic amines) is 1. The van der Waals surface area contributed by atoms with E-state index in [1.54, 1.807) is 0 Å². The summed E-state index contributed by atoms with van der Waals surface area (Å²) in [6.45, 7) is 6.62. The second-order valence-corrected chi connectivity index (χ2v) is 6.40. The average Bonchev–Trinajstić information content (AvgIpc) is 3.00. The summed E-state index contributed by atoms with van der Waals surface area (Å²) in [5.74, 6) is 0.861. The highest BCUT2D eigenvalue weighted by Gasteiger charge is 2.24. The lowest BCUT2D eigenvalue weighted by atomic mass is 9.94. The molecule has 3 heterocycles. The molecular weight excluding hydrogens is 278 g/mol. The van der Waals surface area contributed by atoms with Gasteiger partial charge in [0.05, 0.1) is 0 Å². The van der Waals surface area contributed by atoms with Crippen LogP contribution in [0.4, 0.5) is 0 Å². The molecule has 122 valence electrons. The van der Waals surface area contributed by atoms with Crippen LogP contribution in [0.5, 0.6) is 0 Å². The van der Waals surface area contributed by atoms with Crippen molar-refractivity contribution in [2.45, 2.75) is 25.2 Å². The van der Waals surface area contributed by atoms with Crippen LogP contribution < -0.4 is 5.32 Å². The SMILES string of the molecule is Cn1nccc1C1CCCN(CCC(=O)N2CCNCC2)C1. The predicted octanol–water partition coefficient (Wildman–Crippen LogP) is 0.421. The van der Waals surface area contributed by atoms with Crippen LogP contribution in [-0.4, -0.2) is 71.3 Å². The monoisotopic (exact) mass is 305 g/mol. The van der Waals surface area contributed by atoms with Crippen LogP contribution in [0.3, 0.4) is 0 Å². The van der Waals surface area contributed by atoms with Crippen molar-refractivity contribution in [2.24, 2.45) is 7.05 Å². The first-order valence-electron chi connectivity index (χ1n) is 8.43. The number of aromatic nitrogens is 2. The zero-order chi connectivity index (χ0) is 15.4. The minimum atomic E-state index is 0.309. The van der Waals surface area contributed by atoms with Crippen LogP contribution in [0, 0.1) is 0 Å². The molecule has 0 aromatic carbocycles. The fourth-order valence-corrected chi connectivity index (χ4v) is 3.61. The van der Waals surface area contributed by atoms with Gasteiger partial charge in [0, 0.05) is 70.5 Å². The molecule has 0 aliphatic carbocycles. The first-order chi connectivity index (χ1) is 10.7. The van der Waals surface area contributed by atoms with Crippen LogP contribution in [0.25, 0.3) is 0 Å². The Bertz CT molecular complexity index is 494. The highest BCUT2D eigenvalue weighted by atomic mass is 16.2. The zero-order valence-electron chi connectivity index (χ0n) is 13.5. The molecule has 0 saturated carbocycles. The molecule has 3 rings (SSSR count). The maximum atomic E-state index is 12.3. The number of aryl methyl sites for hydroxylation is 1. The maximum absolute atomic E-state index is 12.3. The zero-order valence-corrected chi connectivity index (χ0v) is 13.5. The molecule has 2 fully saturated rings. The van der Waals surface area contributed by atoms with Crippen molar-refractivity contribution < 1.29 is 4.79 Å². The number of piperazine rings is 1. The summed E-state index contributed by atoms with van der Waals surface area (Å²) in [5, 5.41) is 7.57. The lowest BCUT2D eigenvalue weighted by Gasteiger charge is -2.33. The number of rotatable bonds is 4. The summed E-state index contributed by atoms with van der Waals surface area (Å²) < 4.78 is 1.99. The van der Waals surface area contributed by atoms with E-state index in [-0.39, 0.29) is 0 Å². The molecule has 1 atom stereocenters. The van der Waals surface area contributed by atoms with Crippen molar-refractivity contribution in [1.29, 1.82) is 0 Å². The molecule has 22 heavy (non-hydrogen) atoms. The van der Waals surface area contributed by atoms with Gasteiger partial charge in [-0.15, -0.1) is 0 Å². The van der Waals surface area contributed by atoms with Gasteiger partial charge in [-0.05, 0) is 25.5 Å². The molecule has 0 bridgehead atoms. The van der Waals surface area contributed by atoms with Gasteiger partial charge >= 0.3 is 0 Å². The van der Waals surface area contributed by atoms with Crippen molar-refractivity contribution in [2.75, 3.05) is 45.8 Å². The van der Waals surface area contributed by atoms with Crippen molar-refractivity contribution >= 4 is 5.91 Å². The number of carbonyl (C=O) groups is 1. The molecule has 1 unspecified atom stereocenters.